The van der Waals surface area contributed by atoms with Crippen molar-refractivity contribution in [2.75, 3.05) is 12.3 Å². The molecule has 0 aromatic rings. The van der Waals surface area contributed by atoms with E-state index in [1.54, 1.807) is 0 Å². The molecule has 0 amide bonds. The van der Waals surface area contributed by atoms with Crippen molar-refractivity contribution in [2.24, 2.45) is 5.73 Å². The molecule has 0 saturated heterocycles. The van der Waals surface area contributed by atoms with Gasteiger partial charge in [0, 0.05) is 12.3 Å². The molecule has 0 unspecified atom stereocenters. The Kier molecular flexibility index (Phi) is 2.18. The van der Waals surface area contributed by atoms with Crippen molar-refractivity contribution in [2.45, 2.75) is 0 Å². The van der Waals surface area contributed by atoms with Gasteiger partial charge in [-0.05, 0) is 4.91 Å². The van der Waals surface area contributed by atoms with E-state index in [1.807, 2.05) is 11.8 Å². The fraction of sp³-hybridized carbons (Fsp3) is 0.333. The van der Waals surface area contributed by atoms with Gasteiger partial charge in [-0.15, -0.1) is 11.8 Å². The zero-order valence-corrected chi connectivity index (χ0v) is 5.45. The first kappa shape index (κ1) is 5.92. The Morgan fingerprint density at radius 3 is 3.00 bits per heavy atom. The molecule has 1 aliphatic rings. The van der Waals surface area contributed by atoms with Crippen molar-refractivity contribution in [3.8, 4) is 0 Å². The van der Waals surface area contributed by atoms with E-state index in [-0.39, 0.29) is 0 Å². The van der Waals surface area contributed by atoms with E-state index in [4.69, 9.17) is 5.73 Å². The van der Waals surface area contributed by atoms with Crippen LogP contribution < -0.4 is 5.73 Å². The maximum absolute atomic E-state index is 5.38. The van der Waals surface area contributed by atoms with Gasteiger partial charge < -0.3 is 5.73 Å². The average molecular weight is 127 g/mol. The Morgan fingerprint density at radius 1 is 1.75 bits per heavy atom. The highest BCUT2D eigenvalue weighted by atomic mass is 32.2. The highest BCUT2D eigenvalue weighted by molar-refractivity contribution is 8.03. The maximum Gasteiger partial charge on any atom is 0.0238 e. The molecular formula is C6H9NS. The summed E-state index contributed by atoms with van der Waals surface area (Å²) in [5.41, 5.74) is 5.38. The molecule has 2 N–H and O–H groups in total. The summed E-state index contributed by atoms with van der Waals surface area (Å²) in [7, 11) is 0. The Bertz CT molecular complexity index is 126. The van der Waals surface area contributed by atoms with Gasteiger partial charge in [-0.25, -0.2) is 0 Å². The number of nitrogens with two attached hydrogens (primary N) is 1. The Hall–Kier alpha value is -0.210. The van der Waals surface area contributed by atoms with Crippen molar-refractivity contribution in [1.29, 1.82) is 0 Å². The summed E-state index contributed by atoms with van der Waals surface area (Å²) in [5.74, 6) is 1.09. The van der Waals surface area contributed by atoms with Crippen molar-refractivity contribution in [3.05, 3.63) is 23.1 Å². The summed E-state index contributed by atoms with van der Waals surface area (Å²) in [6, 6.07) is 0. The zero-order valence-electron chi connectivity index (χ0n) is 4.63. The molecule has 0 aromatic carbocycles. The second-order valence-electron chi connectivity index (χ2n) is 1.58. The van der Waals surface area contributed by atoms with Gasteiger partial charge in [0.1, 0.15) is 0 Å². The minimum atomic E-state index is 0.689. The van der Waals surface area contributed by atoms with Gasteiger partial charge in [0.2, 0.25) is 0 Å². The third-order valence-electron chi connectivity index (χ3n) is 0.984. The van der Waals surface area contributed by atoms with Crippen LogP contribution in [0.1, 0.15) is 0 Å². The van der Waals surface area contributed by atoms with Crippen LogP contribution >= 0.6 is 11.8 Å². The van der Waals surface area contributed by atoms with Crippen molar-refractivity contribution in [1.82, 2.24) is 0 Å². The van der Waals surface area contributed by atoms with E-state index in [1.165, 1.54) is 4.91 Å². The zero-order chi connectivity index (χ0) is 5.82. The molecule has 8 heavy (non-hydrogen) atoms. The lowest BCUT2D eigenvalue weighted by molar-refractivity contribution is 1.23. The minimum absolute atomic E-state index is 0.689. The van der Waals surface area contributed by atoms with Crippen molar-refractivity contribution < 1.29 is 0 Å². The quantitative estimate of drug-likeness (QED) is 0.571. The number of allylic oxidation sites excluding steroid dienone is 2. The summed E-state index contributed by atoms with van der Waals surface area (Å²) in [6.07, 6.45) is 6.25. The minimum Gasteiger partial charge on any atom is -0.326 e. The molecule has 0 spiro atoms. The molecule has 0 atom stereocenters. The molecule has 0 bridgehead atoms. The predicted octanol–water partition coefficient (Wildman–Crippen LogP) is 1.13. The molecule has 1 aliphatic heterocycles. The number of hydrogen-bond donors (Lipinski definition) is 1. The van der Waals surface area contributed by atoms with Crippen LogP contribution in [0.25, 0.3) is 0 Å². The van der Waals surface area contributed by atoms with Gasteiger partial charge in [0.05, 0.1) is 0 Å². The fourth-order valence-corrected chi connectivity index (χ4v) is 1.28. The van der Waals surface area contributed by atoms with Gasteiger partial charge >= 0.3 is 0 Å². The van der Waals surface area contributed by atoms with E-state index < -0.39 is 0 Å². The predicted molar refractivity (Wildman–Crippen MR) is 38.7 cm³/mol. The molecule has 1 rings (SSSR count). The Morgan fingerprint density at radius 2 is 2.62 bits per heavy atom. The topological polar surface area (TPSA) is 26.0 Å². The van der Waals surface area contributed by atoms with Gasteiger partial charge in [0.15, 0.2) is 0 Å². The molecule has 2 heteroatoms. The molecule has 0 aromatic heterocycles. The third-order valence-corrected chi connectivity index (χ3v) is 2.02. The van der Waals surface area contributed by atoms with Crippen LogP contribution in [0.2, 0.25) is 0 Å². The molecule has 0 fully saturated rings. The monoisotopic (exact) mass is 127 g/mol. The Balaban J connectivity index is 2.50. The summed E-state index contributed by atoms with van der Waals surface area (Å²) in [4.78, 5) is 1.28. The molecule has 0 radical (unpaired) electrons. The largest absolute Gasteiger partial charge is 0.326 e. The second-order valence-corrected chi connectivity index (χ2v) is 2.72. The highest BCUT2D eigenvalue weighted by Gasteiger charge is 1.94. The van der Waals surface area contributed by atoms with Crippen LogP contribution in [0.15, 0.2) is 23.1 Å². The van der Waals surface area contributed by atoms with Crippen LogP contribution in [-0.4, -0.2) is 12.3 Å². The van der Waals surface area contributed by atoms with E-state index in [9.17, 15) is 0 Å². The van der Waals surface area contributed by atoms with Gasteiger partial charge in [0.25, 0.3) is 0 Å². The first-order valence-corrected chi connectivity index (χ1v) is 3.60. The standard InChI is InChI=1S/C6H9NS/c7-5-6-3-1-2-4-8-6/h1-3H,4-5,7H2. The molecule has 1 heterocycles. The van der Waals surface area contributed by atoms with E-state index in [2.05, 4.69) is 18.2 Å². The first-order valence-electron chi connectivity index (χ1n) is 2.62. The highest BCUT2D eigenvalue weighted by Crippen LogP contribution is 2.17. The van der Waals surface area contributed by atoms with Crippen LogP contribution in [0, 0.1) is 0 Å². The van der Waals surface area contributed by atoms with Gasteiger partial charge in [-0.3, -0.25) is 0 Å². The smallest absolute Gasteiger partial charge is 0.0238 e. The fourth-order valence-electron chi connectivity index (χ4n) is 0.561. The molecule has 0 aliphatic carbocycles. The van der Waals surface area contributed by atoms with Crippen molar-refractivity contribution in [3.63, 3.8) is 0 Å². The van der Waals surface area contributed by atoms with Gasteiger partial charge in [-0.1, -0.05) is 18.2 Å². The number of rotatable bonds is 1. The lowest BCUT2D eigenvalue weighted by Crippen LogP contribution is -2.01. The SMILES string of the molecule is NCC1=CC=CCS1. The first-order chi connectivity index (χ1) is 3.93. The van der Waals surface area contributed by atoms with Crippen molar-refractivity contribution >= 4 is 11.8 Å². The van der Waals surface area contributed by atoms with E-state index >= 15 is 0 Å². The van der Waals surface area contributed by atoms with Crippen LogP contribution in [0.4, 0.5) is 0 Å². The number of thioether (sulfide) groups is 1. The molecule has 1 nitrogen and oxygen atoms in total. The normalized spacial score (nSPS) is 18.4. The lowest BCUT2D eigenvalue weighted by Gasteiger charge is -2.02. The molecule has 44 valence electrons. The Labute approximate surface area is 53.6 Å². The van der Waals surface area contributed by atoms with Crippen LogP contribution in [-0.2, 0) is 0 Å². The number of hydrogen-bond acceptors (Lipinski definition) is 2. The lowest BCUT2D eigenvalue weighted by atomic mass is 10.4. The maximum atomic E-state index is 5.38. The summed E-state index contributed by atoms with van der Waals surface area (Å²) in [6.45, 7) is 0.689. The summed E-state index contributed by atoms with van der Waals surface area (Å²) < 4.78 is 0. The summed E-state index contributed by atoms with van der Waals surface area (Å²) >= 11 is 1.81. The van der Waals surface area contributed by atoms with Gasteiger partial charge in [-0.2, -0.15) is 0 Å². The van der Waals surface area contributed by atoms with E-state index in [0.717, 1.165) is 5.75 Å². The molecular weight excluding hydrogens is 118 g/mol. The van der Waals surface area contributed by atoms with Crippen LogP contribution in [0.5, 0.6) is 0 Å². The summed E-state index contributed by atoms with van der Waals surface area (Å²) in [5, 5.41) is 0. The third kappa shape index (κ3) is 1.39. The second kappa shape index (κ2) is 2.95. The average Bonchev–Trinajstić information content (AvgIpc) is 1.90. The van der Waals surface area contributed by atoms with Crippen LogP contribution in [0.3, 0.4) is 0 Å². The molecule has 0 saturated carbocycles. The van der Waals surface area contributed by atoms with E-state index in [0.29, 0.717) is 6.54 Å².